The molecule has 0 saturated heterocycles. The first-order valence-electron chi connectivity index (χ1n) is 4.87. The van der Waals surface area contributed by atoms with Crippen LogP contribution in [-0.4, -0.2) is 44.8 Å². The van der Waals surface area contributed by atoms with Crippen LogP contribution in [0, 0.1) is 5.41 Å². The Labute approximate surface area is 85.2 Å². The predicted molar refractivity (Wildman–Crippen MR) is 53.8 cm³/mol. The van der Waals surface area contributed by atoms with Gasteiger partial charge in [0, 0.05) is 0 Å². The molecular formula is C10H22O4. The fourth-order valence-corrected chi connectivity index (χ4v) is 1.26. The second-order valence-corrected chi connectivity index (χ2v) is 5.05. The molecule has 4 atom stereocenters. The van der Waals surface area contributed by atoms with E-state index in [4.69, 9.17) is 5.11 Å². The molecule has 0 heterocycles. The lowest BCUT2D eigenvalue weighted by atomic mass is 9.86. The van der Waals surface area contributed by atoms with Gasteiger partial charge in [-0.25, -0.2) is 0 Å². The number of hydrogen-bond acceptors (Lipinski definition) is 4. The molecule has 0 aromatic heterocycles. The zero-order valence-electron chi connectivity index (χ0n) is 9.31. The third-order valence-corrected chi connectivity index (χ3v) is 2.06. The van der Waals surface area contributed by atoms with Gasteiger partial charge in [-0.3, -0.25) is 0 Å². The van der Waals surface area contributed by atoms with Gasteiger partial charge in [-0.05, 0) is 18.8 Å². The standard InChI is InChI=1S/C10H22O4/c1-6(11)8(13)9(14)7(12)5-10(2,3)4/h6-9,11-14H,5H2,1-4H3/t6-,7+,8+,9-/m0/s1. The second-order valence-electron chi connectivity index (χ2n) is 5.05. The number of aliphatic hydroxyl groups is 4. The number of rotatable bonds is 4. The Morgan fingerprint density at radius 3 is 1.64 bits per heavy atom. The molecule has 0 bridgehead atoms. The normalized spacial score (nSPS) is 21.4. The van der Waals surface area contributed by atoms with Gasteiger partial charge in [-0.1, -0.05) is 20.8 Å². The van der Waals surface area contributed by atoms with Crippen molar-refractivity contribution in [2.45, 2.75) is 58.5 Å². The molecule has 4 N–H and O–H groups in total. The van der Waals surface area contributed by atoms with Gasteiger partial charge < -0.3 is 20.4 Å². The quantitative estimate of drug-likeness (QED) is 0.517. The zero-order chi connectivity index (χ0) is 11.5. The number of hydrogen-bond donors (Lipinski definition) is 4. The zero-order valence-corrected chi connectivity index (χ0v) is 9.31. The van der Waals surface area contributed by atoms with Crippen LogP contribution in [0.2, 0.25) is 0 Å². The maximum absolute atomic E-state index is 9.55. The Morgan fingerprint density at radius 1 is 0.929 bits per heavy atom. The summed E-state index contributed by atoms with van der Waals surface area (Å²) in [6.45, 7) is 7.16. The molecule has 4 heteroatoms. The number of aliphatic hydroxyl groups excluding tert-OH is 4. The summed E-state index contributed by atoms with van der Waals surface area (Å²) in [5, 5.41) is 37.3. The molecule has 0 aliphatic rings. The topological polar surface area (TPSA) is 80.9 Å². The summed E-state index contributed by atoms with van der Waals surface area (Å²) in [4.78, 5) is 0. The van der Waals surface area contributed by atoms with E-state index in [1.807, 2.05) is 20.8 Å². The minimum Gasteiger partial charge on any atom is -0.391 e. The van der Waals surface area contributed by atoms with Gasteiger partial charge in [-0.2, -0.15) is 0 Å². The molecular weight excluding hydrogens is 184 g/mol. The highest BCUT2D eigenvalue weighted by Crippen LogP contribution is 2.23. The largest absolute Gasteiger partial charge is 0.391 e. The second kappa shape index (κ2) is 5.07. The van der Waals surface area contributed by atoms with Crippen LogP contribution in [0.1, 0.15) is 34.1 Å². The summed E-state index contributed by atoms with van der Waals surface area (Å²) < 4.78 is 0. The highest BCUT2D eigenvalue weighted by atomic mass is 16.4. The fourth-order valence-electron chi connectivity index (χ4n) is 1.26. The third kappa shape index (κ3) is 4.91. The molecule has 4 nitrogen and oxygen atoms in total. The van der Waals surface area contributed by atoms with Crippen LogP contribution in [-0.2, 0) is 0 Å². The van der Waals surface area contributed by atoms with E-state index in [-0.39, 0.29) is 5.41 Å². The molecule has 0 spiro atoms. The fraction of sp³-hybridized carbons (Fsp3) is 1.00. The maximum Gasteiger partial charge on any atom is 0.108 e. The Morgan fingerprint density at radius 2 is 1.36 bits per heavy atom. The molecule has 0 rings (SSSR count). The van der Waals surface area contributed by atoms with Crippen molar-refractivity contribution in [3.05, 3.63) is 0 Å². The summed E-state index contributed by atoms with van der Waals surface area (Å²) in [5.74, 6) is 0. The molecule has 0 aromatic carbocycles. The van der Waals surface area contributed by atoms with E-state index in [0.29, 0.717) is 6.42 Å². The average molecular weight is 206 g/mol. The van der Waals surface area contributed by atoms with Crippen molar-refractivity contribution in [3.8, 4) is 0 Å². The lowest BCUT2D eigenvalue weighted by molar-refractivity contribution is -0.107. The Bertz CT molecular complexity index is 162. The lowest BCUT2D eigenvalue weighted by Crippen LogP contribution is -2.44. The van der Waals surface area contributed by atoms with Crippen molar-refractivity contribution in [2.24, 2.45) is 5.41 Å². The van der Waals surface area contributed by atoms with Gasteiger partial charge >= 0.3 is 0 Å². The molecule has 86 valence electrons. The molecule has 0 radical (unpaired) electrons. The molecule has 0 unspecified atom stereocenters. The van der Waals surface area contributed by atoms with Crippen molar-refractivity contribution in [2.75, 3.05) is 0 Å². The Balaban J connectivity index is 4.18. The monoisotopic (exact) mass is 206 g/mol. The first kappa shape index (κ1) is 13.8. The summed E-state index contributed by atoms with van der Waals surface area (Å²) in [7, 11) is 0. The van der Waals surface area contributed by atoms with Crippen molar-refractivity contribution in [1.82, 2.24) is 0 Å². The molecule has 0 saturated carbocycles. The van der Waals surface area contributed by atoms with E-state index < -0.39 is 24.4 Å². The van der Waals surface area contributed by atoms with Crippen LogP contribution in [0.4, 0.5) is 0 Å². The van der Waals surface area contributed by atoms with Crippen molar-refractivity contribution in [1.29, 1.82) is 0 Å². The lowest BCUT2D eigenvalue weighted by Gasteiger charge is -2.29. The van der Waals surface area contributed by atoms with E-state index in [1.165, 1.54) is 6.92 Å². The van der Waals surface area contributed by atoms with E-state index in [0.717, 1.165) is 0 Å². The van der Waals surface area contributed by atoms with E-state index in [9.17, 15) is 15.3 Å². The first-order valence-corrected chi connectivity index (χ1v) is 4.87. The highest BCUT2D eigenvalue weighted by Gasteiger charge is 2.30. The van der Waals surface area contributed by atoms with Crippen molar-refractivity contribution in [3.63, 3.8) is 0 Å². The van der Waals surface area contributed by atoms with Crippen LogP contribution < -0.4 is 0 Å². The summed E-state index contributed by atoms with van der Waals surface area (Å²) in [6.07, 6.45) is -4.28. The molecule has 0 amide bonds. The van der Waals surface area contributed by atoms with Crippen LogP contribution >= 0.6 is 0 Å². The minimum atomic E-state index is -1.30. The molecule has 0 fully saturated rings. The molecule has 14 heavy (non-hydrogen) atoms. The van der Waals surface area contributed by atoms with Gasteiger partial charge in [0.25, 0.3) is 0 Å². The molecule has 0 aliphatic carbocycles. The third-order valence-electron chi connectivity index (χ3n) is 2.06. The summed E-state index contributed by atoms with van der Waals surface area (Å²) in [6, 6.07) is 0. The molecule has 0 aliphatic heterocycles. The maximum atomic E-state index is 9.55. The van der Waals surface area contributed by atoms with Gasteiger partial charge in [0.15, 0.2) is 0 Å². The SMILES string of the molecule is C[C@H](O)[C@@H](O)[C@@H](O)[C@H](O)CC(C)(C)C. The van der Waals surface area contributed by atoms with Crippen LogP contribution in [0.3, 0.4) is 0 Å². The van der Waals surface area contributed by atoms with Crippen LogP contribution in [0.15, 0.2) is 0 Å². The van der Waals surface area contributed by atoms with Gasteiger partial charge in [0.05, 0.1) is 12.2 Å². The summed E-state index contributed by atoms with van der Waals surface area (Å²) in [5.41, 5.74) is -0.126. The highest BCUT2D eigenvalue weighted by molar-refractivity contribution is 4.81. The summed E-state index contributed by atoms with van der Waals surface area (Å²) >= 11 is 0. The average Bonchev–Trinajstić information content (AvgIpc) is 1.98. The van der Waals surface area contributed by atoms with E-state index in [2.05, 4.69) is 0 Å². The molecule has 0 aromatic rings. The van der Waals surface area contributed by atoms with Gasteiger partial charge in [0.2, 0.25) is 0 Å². The Kier molecular flexibility index (Phi) is 5.01. The van der Waals surface area contributed by atoms with Gasteiger partial charge in [-0.15, -0.1) is 0 Å². The van der Waals surface area contributed by atoms with E-state index >= 15 is 0 Å². The van der Waals surface area contributed by atoms with Crippen molar-refractivity contribution >= 4 is 0 Å². The van der Waals surface area contributed by atoms with Crippen LogP contribution in [0.25, 0.3) is 0 Å². The smallest absolute Gasteiger partial charge is 0.108 e. The first-order chi connectivity index (χ1) is 6.15. The Hall–Kier alpha value is -0.160. The van der Waals surface area contributed by atoms with Crippen LogP contribution in [0.5, 0.6) is 0 Å². The predicted octanol–water partition coefficient (Wildman–Crippen LogP) is -0.114. The van der Waals surface area contributed by atoms with E-state index in [1.54, 1.807) is 0 Å². The minimum absolute atomic E-state index is 0.126. The van der Waals surface area contributed by atoms with Crippen molar-refractivity contribution < 1.29 is 20.4 Å². The van der Waals surface area contributed by atoms with Gasteiger partial charge in [0.1, 0.15) is 12.2 Å².